The maximum absolute atomic E-state index is 13.9. The summed E-state index contributed by atoms with van der Waals surface area (Å²) in [6.07, 6.45) is 0.647. The number of hydrogen-bond donors (Lipinski definition) is 2. The third-order valence-electron chi connectivity index (χ3n) is 5.84. The molecule has 0 amide bonds. The summed E-state index contributed by atoms with van der Waals surface area (Å²) in [5.41, 5.74) is 4.50. The van der Waals surface area contributed by atoms with E-state index in [1.807, 2.05) is 41.6 Å². The average molecular weight is 432 g/mol. The van der Waals surface area contributed by atoms with E-state index < -0.39 is 7.12 Å². The predicted octanol–water partition coefficient (Wildman–Crippen LogP) is 2.39. The standard InChI is InChI=1S/C23H22BFN4O3/c1-14-11-17-19(24(30)31)7-4-8-21(17)29(14)23-26-20-9-10-32-13-18(20)22(27-23)28(2)16-6-3-5-15(25)12-16/h3-8,11-12,30-31H,9-10,13H2,1-2H3. The highest BCUT2D eigenvalue weighted by atomic mass is 19.1. The zero-order valence-corrected chi connectivity index (χ0v) is 17.8. The number of hydrogen-bond acceptors (Lipinski definition) is 6. The van der Waals surface area contributed by atoms with Crippen molar-refractivity contribution < 1.29 is 19.2 Å². The zero-order valence-electron chi connectivity index (χ0n) is 17.8. The molecule has 0 spiro atoms. The lowest BCUT2D eigenvalue weighted by molar-refractivity contribution is 0.109. The van der Waals surface area contributed by atoms with E-state index in [-0.39, 0.29) is 5.82 Å². The van der Waals surface area contributed by atoms with Crippen LogP contribution in [0.25, 0.3) is 16.9 Å². The second-order valence-corrected chi connectivity index (χ2v) is 7.89. The molecule has 32 heavy (non-hydrogen) atoms. The molecule has 2 aromatic carbocycles. The van der Waals surface area contributed by atoms with Crippen LogP contribution in [-0.2, 0) is 17.8 Å². The van der Waals surface area contributed by atoms with Crippen molar-refractivity contribution in [2.75, 3.05) is 18.6 Å². The first-order chi connectivity index (χ1) is 15.4. The first kappa shape index (κ1) is 20.6. The molecule has 0 saturated carbocycles. The fraction of sp³-hybridized carbons (Fsp3) is 0.217. The number of halogens is 1. The van der Waals surface area contributed by atoms with Crippen LogP contribution >= 0.6 is 0 Å². The van der Waals surface area contributed by atoms with Crippen LogP contribution in [0.2, 0.25) is 0 Å². The van der Waals surface area contributed by atoms with Gasteiger partial charge in [-0.05, 0) is 42.7 Å². The highest BCUT2D eigenvalue weighted by Crippen LogP contribution is 2.32. The first-order valence-electron chi connectivity index (χ1n) is 10.4. The second kappa shape index (κ2) is 8.01. The van der Waals surface area contributed by atoms with E-state index in [0.717, 1.165) is 27.9 Å². The number of ether oxygens (including phenoxy) is 1. The van der Waals surface area contributed by atoms with Gasteiger partial charge in [-0.2, -0.15) is 4.98 Å². The van der Waals surface area contributed by atoms with Crippen molar-refractivity contribution in [1.29, 1.82) is 0 Å². The van der Waals surface area contributed by atoms with Crippen molar-refractivity contribution >= 4 is 35.0 Å². The molecule has 162 valence electrons. The van der Waals surface area contributed by atoms with Gasteiger partial charge in [0.25, 0.3) is 0 Å². The Labute approximate surface area is 184 Å². The summed E-state index contributed by atoms with van der Waals surface area (Å²) in [5.74, 6) is 0.798. The zero-order chi connectivity index (χ0) is 22.4. The lowest BCUT2D eigenvalue weighted by Gasteiger charge is -2.26. The van der Waals surface area contributed by atoms with E-state index in [1.165, 1.54) is 12.1 Å². The van der Waals surface area contributed by atoms with Crippen LogP contribution in [0.4, 0.5) is 15.9 Å². The van der Waals surface area contributed by atoms with Crippen LogP contribution < -0.4 is 10.4 Å². The third-order valence-corrected chi connectivity index (χ3v) is 5.84. The number of aromatic nitrogens is 3. The van der Waals surface area contributed by atoms with Crippen molar-refractivity contribution in [2.45, 2.75) is 20.0 Å². The maximum Gasteiger partial charge on any atom is 0.489 e. The van der Waals surface area contributed by atoms with Crippen LogP contribution in [0.3, 0.4) is 0 Å². The van der Waals surface area contributed by atoms with Crippen molar-refractivity contribution in [2.24, 2.45) is 0 Å². The van der Waals surface area contributed by atoms with Gasteiger partial charge in [0.1, 0.15) is 11.6 Å². The minimum absolute atomic E-state index is 0.323. The van der Waals surface area contributed by atoms with Gasteiger partial charge in [-0.1, -0.05) is 18.2 Å². The molecule has 3 heterocycles. The molecule has 0 fully saturated rings. The van der Waals surface area contributed by atoms with Gasteiger partial charge >= 0.3 is 7.12 Å². The second-order valence-electron chi connectivity index (χ2n) is 7.89. The highest BCUT2D eigenvalue weighted by molar-refractivity contribution is 6.61. The quantitative estimate of drug-likeness (QED) is 0.482. The van der Waals surface area contributed by atoms with Gasteiger partial charge in [-0.25, -0.2) is 9.37 Å². The molecule has 0 bridgehead atoms. The Bertz CT molecular complexity index is 1320. The number of fused-ring (bicyclic) bond motifs is 2. The molecule has 2 aromatic heterocycles. The summed E-state index contributed by atoms with van der Waals surface area (Å²) in [7, 11) is 0.265. The Hall–Kier alpha value is -3.27. The average Bonchev–Trinajstić information content (AvgIpc) is 3.13. The number of rotatable bonds is 4. The van der Waals surface area contributed by atoms with Crippen LogP contribution in [0.5, 0.6) is 0 Å². The van der Waals surface area contributed by atoms with Crippen LogP contribution in [0.15, 0.2) is 48.5 Å². The molecule has 9 heteroatoms. The van der Waals surface area contributed by atoms with Gasteiger partial charge in [0.2, 0.25) is 5.95 Å². The van der Waals surface area contributed by atoms with Crippen molar-refractivity contribution in [3.05, 3.63) is 71.3 Å². The minimum atomic E-state index is -1.58. The number of nitrogens with zero attached hydrogens (tertiary/aromatic N) is 4. The van der Waals surface area contributed by atoms with Crippen LogP contribution in [0.1, 0.15) is 17.0 Å². The van der Waals surface area contributed by atoms with E-state index in [2.05, 4.69) is 0 Å². The molecular formula is C23H22BFN4O3. The lowest BCUT2D eigenvalue weighted by atomic mass is 9.78. The molecule has 0 atom stereocenters. The molecule has 2 N–H and O–H groups in total. The molecular weight excluding hydrogens is 410 g/mol. The lowest BCUT2D eigenvalue weighted by Crippen LogP contribution is -2.30. The molecule has 1 aliphatic rings. The Morgan fingerprint density at radius 2 is 1.94 bits per heavy atom. The largest absolute Gasteiger partial charge is 0.489 e. The molecule has 1 aliphatic heterocycles. The summed E-state index contributed by atoms with van der Waals surface area (Å²) >= 11 is 0. The predicted molar refractivity (Wildman–Crippen MR) is 121 cm³/mol. The fourth-order valence-corrected chi connectivity index (χ4v) is 4.26. The Kier molecular flexibility index (Phi) is 5.17. The number of benzene rings is 2. The van der Waals surface area contributed by atoms with Crippen molar-refractivity contribution in [1.82, 2.24) is 14.5 Å². The molecule has 0 unspecified atom stereocenters. The van der Waals surface area contributed by atoms with Gasteiger partial charge in [-0.15, -0.1) is 0 Å². The van der Waals surface area contributed by atoms with Gasteiger partial charge in [0, 0.05) is 35.8 Å². The van der Waals surface area contributed by atoms with E-state index in [1.54, 1.807) is 18.2 Å². The van der Waals surface area contributed by atoms with E-state index >= 15 is 0 Å². The van der Waals surface area contributed by atoms with E-state index in [4.69, 9.17) is 14.7 Å². The topological polar surface area (TPSA) is 83.6 Å². The van der Waals surface area contributed by atoms with E-state index in [9.17, 15) is 14.4 Å². The monoisotopic (exact) mass is 432 g/mol. The molecule has 7 nitrogen and oxygen atoms in total. The SMILES string of the molecule is Cc1cc2c(B(O)O)cccc2n1-c1nc2c(c(N(C)c3cccc(F)c3)n1)COCC2. The Morgan fingerprint density at radius 3 is 2.72 bits per heavy atom. The minimum Gasteiger partial charge on any atom is -0.423 e. The highest BCUT2D eigenvalue weighted by Gasteiger charge is 2.24. The molecule has 0 aliphatic carbocycles. The summed E-state index contributed by atoms with van der Waals surface area (Å²) in [6.45, 7) is 2.88. The van der Waals surface area contributed by atoms with Crippen LogP contribution in [-0.4, -0.2) is 45.4 Å². The number of aryl methyl sites for hydroxylation is 1. The number of anilines is 2. The molecule has 0 saturated heterocycles. The Balaban J connectivity index is 1.72. The van der Waals surface area contributed by atoms with E-state index in [0.29, 0.717) is 42.6 Å². The maximum atomic E-state index is 13.9. The van der Waals surface area contributed by atoms with Gasteiger partial charge in [-0.3, -0.25) is 4.57 Å². The first-order valence-corrected chi connectivity index (χ1v) is 10.4. The summed E-state index contributed by atoms with van der Waals surface area (Å²) < 4.78 is 21.5. The summed E-state index contributed by atoms with van der Waals surface area (Å²) in [5, 5.41) is 20.3. The summed E-state index contributed by atoms with van der Waals surface area (Å²) in [6, 6.07) is 13.6. The normalized spacial score (nSPS) is 13.3. The van der Waals surface area contributed by atoms with Gasteiger partial charge < -0.3 is 19.7 Å². The van der Waals surface area contributed by atoms with Gasteiger partial charge in [0.15, 0.2) is 0 Å². The molecule has 0 radical (unpaired) electrons. The summed E-state index contributed by atoms with van der Waals surface area (Å²) in [4.78, 5) is 11.6. The van der Waals surface area contributed by atoms with Crippen LogP contribution in [0, 0.1) is 12.7 Å². The fourth-order valence-electron chi connectivity index (χ4n) is 4.26. The van der Waals surface area contributed by atoms with Crippen molar-refractivity contribution in [3.8, 4) is 5.95 Å². The molecule has 4 aromatic rings. The Morgan fingerprint density at radius 1 is 1.12 bits per heavy atom. The smallest absolute Gasteiger partial charge is 0.423 e. The van der Waals surface area contributed by atoms with Gasteiger partial charge in [0.05, 0.1) is 24.4 Å². The third kappa shape index (κ3) is 3.44. The van der Waals surface area contributed by atoms with Crippen molar-refractivity contribution in [3.63, 3.8) is 0 Å². The molecule has 5 rings (SSSR count).